The van der Waals surface area contributed by atoms with Gasteiger partial charge in [-0.1, -0.05) is 0 Å². The summed E-state index contributed by atoms with van der Waals surface area (Å²) in [4.78, 5) is 20.8. The molecular formula is C12H20N4OS. The summed E-state index contributed by atoms with van der Waals surface area (Å²) in [6.07, 6.45) is 0. The first-order valence-corrected chi connectivity index (χ1v) is 7.14. The fourth-order valence-corrected chi connectivity index (χ4v) is 2.71. The van der Waals surface area contributed by atoms with Crippen LogP contribution in [0.2, 0.25) is 0 Å². The van der Waals surface area contributed by atoms with Gasteiger partial charge in [0.2, 0.25) is 0 Å². The molecule has 0 spiro atoms. The fourth-order valence-electron chi connectivity index (χ4n) is 1.85. The molecular weight excluding hydrogens is 248 g/mol. The summed E-state index contributed by atoms with van der Waals surface area (Å²) in [5, 5.41) is 5.66. The predicted octanol–water partition coefficient (Wildman–Crippen LogP) is 1.03. The van der Waals surface area contributed by atoms with Crippen LogP contribution in [0.5, 0.6) is 0 Å². The molecule has 1 N–H and O–H groups in total. The van der Waals surface area contributed by atoms with E-state index in [9.17, 15) is 4.79 Å². The van der Waals surface area contributed by atoms with E-state index in [1.54, 1.807) is 11.3 Å². The molecule has 0 unspecified atom stereocenters. The molecule has 6 heteroatoms. The van der Waals surface area contributed by atoms with E-state index < -0.39 is 0 Å². The molecule has 2 heterocycles. The molecule has 1 saturated heterocycles. The van der Waals surface area contributed by atoms with Gasteiger partial charge in [0.05, 0.1) is 0 Å². The summed E-state index contributed by atoms with van der Waals surface area (Å²) in [6, 6.07) is 0.145. The van der Waals surface area contributed by atoms with Crippen molar-refractivity contribution in [2.75, 3.05) is 38.1 Å². The number of nitrogens with zero attached hydrogens (tertiary/aromatic N) is 3. The molecule has 1 aromatic rings. The molecule has 1 aliphatic heterocycles. The Bertz CT molecular complexity index is 410. The zero-order valence-electron chi connectivity index (χ0n) is 11.1. The number of rotatable bonds is 3. The smallest absolute Gasteiger partial charge is 0.271 e. The monoisotopic (exact) mass is 268 g/mol. The van der Waals surface area contributed by atoms with Gasteiger partial charge in [0.15, 0.2) is 5.13 Å². The lowest BCUT2D eigenvalue weighted by Crippen LogP contribution is -2.44. The van der Waals surface area contributed by atoms with Crippen LogP contribution in [-0.4, -0.2) is 55.1 Å². The Morgan fingerprint density at radius 2 is 2.06 bits per heavy atom. The van der Waals surface area contributed by atoms with Gasteiger partial charge in [-0.3, -0.25) is 4.79 Å². The van der Waals surface area contributed by atoms with Gasteiger partial charge in [0, 0.05) is 37.6 Å². The van der Waals surface area contributed by atoms with Crippen LogP contribution in [0.3, 0.4) is 0 Å². The summed E-state index contributed by atoms with van der Waals surface area (Å²) in [5.74, 6) is -0.0818. The van der Waals surface area contributed by atoms with E-state index in [0.717, 1.165) is 31.3 Å². The molecule has 0 aromatic carbocycles. The third-order valence-corrected chi connectivity index (χ3v) is 3.82. The van der Waals surface area contributed by atoms with Crippen LogP contribution in [-0.2, 0) is 0 Å². The number of anilines is 1. The maximum atomic E-state index is 11.8. The van der Waals surface area contributed by atoms with E-state index in [1.807, 2.05) is 19.2 Å². The Hall–Kier alpha value is -1.14. The first kappa shape index (κ1) is 13.3. The number of amides is 1. The van der Waals surface area contributed by atoms with Crippen LogP contribution < -0.4 is 10.2 Å². The molecule has 0 atom stereocenters. The summed E-state index contributed by atoms with van der Waals surface area (Å²) in [7, 11) is 2.13. The van der Waals surface area contributed by atoms with Crippen molar-refractivity contribution in [2.45, 2.75) is 19.9 Å². The second kappa shape index (κ2) is 5.67. The average molecular weight is 268 g/mol. The highest BCUT2D eigenvalue weighted by molar-refractivity contribution is 7.13. The van der Waals surface area contributed by atoms with E-state index in [1.165, 1.54) is 0 Å². The zero-order valence-corrected chi connectivity index (χ0v) is 12.0. The highest BCUT2D eigenvalue weighted by Gasteiger charge is 2.19. The van der Waals surface area contributed by atoms with Crippen LogP contribution in [0.4, 0.5) is 5.13 Å². The predicted molar refractivity (Wildman–Crippen MR) is 74.4 cm³/mol. The van der Waals surface area contributed by atoms with Crippen molar-refractivity contribution < 1.29 is 4.79 Å². The minimum absolute atomic E-state index is 0.0818. The molecule has 0 bridgehead atoms. The van der Waals surface area contributed by atoms with Crippen LogP contribution in [0.25, 0.3) is 0 Å². The standard InChI is InChI=1S/C12H20N4OS/c1-9(2)13-11(17)10-8-18-12(14-10)16-6-4-15(3)5-7-16/h8-9H,4-7H2,1-3H3,(H,13,17). The lowest BCUT2D eigenvalue weighted by Gasteiger charge is -2.32. The molecule has 0 radical (unpaired) electrons. The normalized spacial score (nSPS) is 17.2. The van der Waals surface area contributed by atoms with Gasteiger partial charge in [0.25, 0.3) is 5.91 Å². The van der Waals surface area contributed by atoms with Crippen molar-refractivity contribution in [1.82, 2.24) is 15.2 Å². The van der Waals surface area contributed by atoms with Crippen molar-refractivity contribution >= 4 is 22.4 Å². The first-order valence-electron chi connectivity index (χ1n) is 6.26. The number of hydrogen-bond acceptors (Lipinski definition) is 5. The van der Waals surface area contributed by atoms with Gasteiger partial charge < -0.3 is 15.1 Å². The number of carbonyl (C=O) groups excluding carboxylic acids is 1. The summed E-state index contributed by atoms with van der Waals surface area (Å²) in [6.45, 7) is 7.96. The van der Waals surface area contributed by atoms with Crippen molar-refractivity contribution in [3.05, 3.63) is 11.1 Å². The summed E-state index contributed by atoms with van der Waals surface area (Å²) < 4.78 is 0. The van der Waals surface area contributed by atoms with E-state index in [4.69, 9.17) is 0 Å². The molecule has 0 saturated carbocycles. The van der Waals surface area contributed by atoms with Crippen molar-refractivity contribution in [3.63, 3.8) is 0 Å². The van der Waals surface area contributed by atoms with Gasteiger partial charge in [-0.25, -0.2) is 4.98 Å². The van der Waals surface area contributed by atoms with Gasteiger partial charge in [0.1, 0.15) is 5.69 Å². The Balaban J connectivity index is 1.99. The number of hydrogen-bond donors (Lipinski definition) is 1. The summed E-state index contributed by atoms with van der Waals surface area (Å²) >= 11 is 1.55. The van der Waals surface area contributed by atoms with Crippen molar-refractivity contribution in [3.8, 4) is 0 Å². The Morgan fingerprint density at radius 3 is 2.67 bits per heavy atom. The van der Waals surface area contributed by atoms with Gasteiger partial charge in [-0.05, 0) is 20.9 Å². The third kappa shape index (κ3) is 3.20. The van der Waals surface area contributed by atoms with Gasteiger partial charge in [-0.2, -0.15) is 0 Å². The van der Waals surface area contributed by atoms with Crippen LogP contribution in [0.1, 0.15) is 24.3 Å². The second-order valence-electron chi connectivity index (χ2n) is 4.93. The number of nitrogens with one attached hydrogen (secondary N) is 1. The van der Waals surface area contributed by atoms with Crippen LogP contribution in [0, 0.1) is 0 Å². The number of carbonyl (C=O) groups is 1. The van der Waals surface area contributed by atoms with Gasteiger partial charge in [-0.15, -0.1) is 11.3 Å². The molecule has 0 aliphatic carbocycles. The maximum Gasteiger partial charge on any atom is 0.271 e. The minimum atomic E-state index is -0.0818. The van der Waals surface area contributed by atoms with Crippen LogP contribution >= 0.6 is 11.3 Å². The molecule has 5 nitrogen and oxygen atoms in total. The highest BCUT2D eigenvalue weighted by atomic mass is 32.1. The molecule has 1 fully saturated rings. The number of aromatic nitrogens is 1. The topological polar surface area (TPSA) is 48.5 Å². The Labute approximate surface area is 112 Å². The van der Waals surface area contributed by atoms with Gasteiger partial charge >= 0.3 is 0 Å². The van der Waals surface area contributed by atoms with E-state index in [0.29, 0.717) is 5.69 Å². The first-order chi connectivity index (χ1) is 8.56. The fraction of sp³-hybridized carbons (Fsp3) is 0.667. The van der Waals surface area contributed by atoms with Crippen molar-refractivity contribution in [2.24, 2.45) is 0 Å². The quantitative estimate of drug-likeness (QED) is 0.889. The Kier molecular flexibility index (Phi) is 4.19. The second-order valence-corrected chi connectivity index (χ2v) is 5.77. The number of piperazine rings is 1. The molecule has 1 aliphatic rings. The largest absolute Gasteiger partial charge is 0.349 e. The van der Waals surface area contributed by atoms with Crippen LogP contribution in [0.15, 0.2) is 5.38 Å². The zero-order chi connectivity index (χ0) is 13.1. The molecule has 18 heavy (non-hydrogen) atoms. The molecule has 2 rings (SSSR count). The minimum Gasteiger partial charge on any atom is -0.349 e. The molecule has 1 amide bonds. The third-order valence-electron chi connectivity index (χ3n) is 2.92. The average Bonchev–Trinajstić information content (AvgIpc) is 2.78. The molecule has 1 aromatic heterocycles. The van der Waals surface area contributed by atoms with E-state index >= 15 is 0 Å². The highest BCUT2D eigenvalue weighted by Crippen LogP contribution is 2.21. The van der Waals surface area contributed by atoms with E-state index in [-0.39, 0.29) is 11.9 Å². The number of likely N-dealkylation sites (N-methyl/N-ethyl adjacent to an activating group) is 1. The lowest BCUT2D eigenvalue weighted by atomic mass is 10.3. The maximum absolute atomic E-state index is 11.8. The van der Waals surface area contributed by atoms with E-state index in [2.05, 4.69) is 27.1 Å². The molecule has 100 valence electrons. The lowest BCUT2D eigenvalue weighted by molar-refractivity contribution is 0.0939. The van der Waals surface area contributed by atoms with Crippen molar-refractivity contribution in [1.29, 1.82) is 0 Å². The SMILES string of the molecule is CC(C)NC(=O)c1csc(N2CCN(C)CC2)n1. The summed E-state index contributed by atoms with van der Waals surface area (Å²) in [5.41, 5.74) is 0.530. The number of thiazole rings is 1. The Morgan fingerprint density at radius 1 is 1.39 bits per heavy atom.